The molecule has 0 fully saturated rings. The number of hydrogen-bond donors (Lipinski definition) is 0. The van der Waals surface area contributed by atoms with Crippen molar-refractivity contribution in [1.29, 1.82) is 0 Å². The zero-order chi connectivity index (χ0) is 10.5. The second kappa shape index (κ2) is 2.53. The SMILES string of the molecule is Cc1ccc2c(c1)N(C)C(=O)C2(F)F. The number of fused-ring (bicyclic) bond motifs is 1. The third kappa shape index (κ3) is 0.967. The minimum atomic E-state index is -3.36. The zero-order valence-corrected chi connectivity index (χ0v) is 7.84. The fraction of sp³-hybridized carbons (Fsp3) is 0.300. The summed E-state index contributed by atoms with van der Waals surface area (Å²) in [7, 11) is 1.36. The van der Waals surface area contributed by atoms with Crippen molar-refractivity contribution in [2.75, 3.05) is 11.9 Å². The molecular weight excluding hydrogens is 188 g/mol. The van der Waals surface area contributed by atoms with Crippen LogP contribution >= 0.6 is 0 Å². The molecule has 1 heterocycles. The Hall–Kier alpha value is -1.45. The zero-order valence-electron chi connectivity index (χ0n) is 7.84. The van der Waals surface area contributed by atoms with E-state index in [9.17, 15) is 13.6 Å². The summed E-state index contributed by atoms with van der Waals surface area (Å²) in [6, 6.07) is 4.49. The fourth-order valence-electron chi connectivity index (χ4n) is 1.62. The Balaban J connectivity index is 2.68. The van der Waals surface area contributed by atoms with Crippen molar-refractivity contribution in [3.63, 3.8) is 0 Å². The average Bonchev–Trinajstić information content (AvgIpc) is 2.28. The molecular formula is C10H9F2NO. The Morgan fingerprint density at radius 3 is 2.64 bits per heavy atom. The smallest absolute Gasteiger partial charge is 0.309 e. The summed E-state index contributed by atoms with van der Waals surface area (Å²) in [5, 5.41) is 0. The number of carbonyl (C=O) groups is 1. The lowest BCUT2D eigenvalue weighted by atomic mass is 10.1. The van der Waals surface area contributed by atoms with Gasteiger partial charge in [-0.05, 0) is 18.6 Å². The molecule has 1 aromatic rings. The van der Waals surface area contributed by atoms with Crippen molar-refractivity contribution in [3.8, 4) is 0 Å². The summed E-state index contributed by atoms with van der Waals surface area (Å²) in [6.07, 6.45) is 0. The first kappa shape index (κ1) is 9.12. The number of rotatable bonds is 0. The molecule has 0 aromatic heterocycles. The van der Waals surface area contributed by atoms with Crippen molar-refractivity contribution in [2.24, 2.45) is 0 Å². The van der Waals surface area contributed by atoms with Crippen LogP contribution in [0.2, 0.25) is 0 Å². The van der Waals surface area contributed by atoms with Crippen molar-refractivity contribution in [1.82, 2.24) is 0 Å². The summed E-state index contributed by atoms with van der Waals surface area (Å²) in [5.41, 5.74) is 0.969. The molecule has 0 radical (unpaired) electrons. The standard InChI is InChI=1S/C10H9F2NO/c1-6-3-4-7-8(5-6)13(2)9(14)10(7,11)12/h3-5H,1-2H3. The number of aryl methyl sites for hydroxylation is 1. The lowest BCUT2D eigenvalue weighted by Gasteiger charge is -2.09. The number of anilines is 1. The van der Waals surface area contributed by atoms with E-state index in [-0.39, 0.29) is 5.56 Å². The third-order valence-electron chi connectivity index (χ3n) is 2.43. The second-order valence-electron chi connectivity index (χ2n) is 3.46. The van der Waals surface area contributed by atoms with Crippen LogP contribution in [0.5, 0.6) is 0 Å². The summed E-state index contributed by atoms with van der Waals surface area (Å²) < 4.78 is 26.6. The maximum atomic E-state index is 13.3. The number of alkyl halides is 2. The third-order valence-corrected chi connectivity index (χ3v) is 2.43. The topological polar surface area (TPSA) is 20.3 Å². The van der Waals surface area contributed by atoms with Gasteiger partial charge in [0, 0.05) is 7.05 Å². The van der Waals surface area contributed by atoms with Crippen LogP contribution in [0.25, 0.3) is 0 Å². The van der Waals surface area contributed by atoms with Crippen molar-refractivity contribution in [3.05, 3.63) is 29.3 Å². The predicted molar refractivity (Wildman–Crippen MR) is 48.5 cm³/mol. The highest BCUT2D eigenvalue weighted by atomic mass is 19.3. The lowest BCUT2D eigenvalue weighted by Crippen LogP contribution is -2.31. The Kier molecular flexibility index (Phi) is 1.65. The molecule has 0 saturated carbocycles. The van der Waals surface area contributed by atoms with Crippen molar-refractivity contribution < 1.29 is 13.6 Å². The molecule has 74 valence electrons. The number of hydrogen-bond acceptors (Lipinski definition) is 1. The van der Waals surface area contributed by atoms with Crippen LogP contribution in [0.3, 0.4) is 0 Å². The van der Waals surface area contributed by atoms with Gasteiger partial charge in [-0.3, -0.25) is 4.79 Å². The molecule has 0 saturated heterocycles. The molecule has 0 unspecified atom stereocenters. The molecule has 0 aliphatic carbocycles. The molecule has 1 aliphatic rings. The molecule has 0 N–H and O–H groups in total. The highest BCUT2D eigenvalue weighted by Crippen LogP contribution is 2.43. The normalized spacial score (nSPS) is 18.6. The van der Waals surface area contributed by atoms with E-state index in [1.807, 2.05) is 0 Å². The van der Waals surface area contributed by atoms with E-state index in [1.54, 1.807) is 19.1 Å². The Bertz CT molecular complexity index is 415. The van der Waals surface area contributed by atoms with Gasteiger partial charge in [0.05, 0.1) is 11.3 Å². The number of halogens is 2. The highest BCUT2D eigenvalue weighted by molar-refractivity contribution is 6.05. The van der Waals surface area contributed by atoms with Gasteiger partial charge in [0.25, 0.3) is 0 Å². The largest absolute Gasteiger partial charge is 0.352 e. The van der Waals surface area contributed by atoms with E-state index in [0.717, 1.165) is 10.5 Å². The Morgan fingerprint density at radius 1 is 1.36 bits per heavy atom. The summed E-state index contributed by atoms with van der Waals surface area (Å²) in [6.45, 7) is 1.80. The van der Waals surface area contributed by atoms with E-state index in [0.29, 0.717) is 5.69 Å². The maximum absolute atomic E-state index is 13.3. The van der Waals surface area contributed by atoms with Crippen LogP contribution in [-0.2, 0) is 10.7 Å². The van der Waals surface area contributed by atoms with Gasteiger partial charge in [-0.2, -0.15) is 8.78 Å². The minimum Gasteiger partial charge on any atom is -0.309 e. The number of amides is 1. The summed E-state index contributed by atoms with van der Waals surface area (Å²) >= 11 is 0. The minimum absolute atomic E-state index is 0.199. The second-order valence-corrected chi connectivity index (χ2v) is 3.46. The van der Waals surface area contributed by atoms with Crippen LogP contribution in [0.1, 0.15) is 11.1 Å². The number of benzene rings is 1. The average molecular weight is 197 g/mol. The maximum Gasteiger partial charge on any atom is 0.352 e. The first-order valence-corrected chi connectivity index (χ1v) is 4.21. The molecule has 2 nitrogen and oxygen atoms in total. The van der Waals surface area contributed by atoms with Crippen molar-refractivity contribution >= 4 is 11.6 Å². The fourth-order valence-corrected chi connectivity index (χ4v) is 1.62. The molecule has 0 atom stereocenters. The quantitative estimate of drug-likeness (QED) is 0.623. The molecule has 4 heteroatoms. The van der Waals surface area contributed by atoms with E-state index in [2.05, 4.69) is 0 Å². The van der Waals surface area contributed by atoms with Gasteiger partial charge in [-0.25, -0.2) is 0 Å². The van der Waals surface area contributed by atoms with Crippen molar-refractivity contribution in [2.45, 2.75) is 12.8 Å². The molecule has 1 aliphatic heterocycles. The lowest BCUT2D eigenvalue weighted by molar-refractivity contribution is -0.141. The number of nitrogens with zero attached hydrogens (tertiary/aromatic N) is 1. The van der Waals surface area contributed by atoms with Gasteiger partial charge in [0.15, 0.2) is 0 Å². The van der Waals surface area contributed by atoms with Gasteiger partial charge in [0.1, 0.15) is 0 Å². The van der Waals surface area contributed by atoms with Gasteiger partial charge in [-0.1, -0.05) is 12.1 Å². The van der Waals surface area contributed by atoms with Crippen LogP contribution in [0.15, 0.2) is 18.2 Å². The molecule has 0 bridgehead atoms. The number of likely N-dealkylation sites (N-methyl/N-ethyl adjacent to an activating group) is 1. The predicted octanol–water partition coefficient (Wildman–Crippen LogP) is 2.06. The first-order chi connectivity index (χ1) is 6.44. The molecule has 1 amide bonds. The molecule has 1 aromatic carbocycles. The molecule has 14 heavy (non-hydrogen) atoms. The highest BCUT2D eigenvalue weighted by Gasteiger charge is 2.51. The van der Waals surface area contributed by atoms with Crippen LogP contribution < -0.4 is 4.90 Å². The van der Waals surface area contributed by atoms with E-state index in [1.165, 1.54) is 13.1 Å². The van der Waals surface area contributed by atoms with Gasteiger partial charge in [0.2, 0.25) is 0 Å². The Labute approximate surface area is 80.1 Å². The molecule has 2 rings (SSSR count). The van der Waals surface area contributed by atoms with Gasteiger partial charge >= 0.3 is 11.8 Å². The molecule has 0 spiro atoms. The van der Waals surface area contributed by atoms with E-state index >= 15 is 0 Å². The number of carbonyl (C=O) groups excluding carboxylic acids is 1. The van der Waals surface area contributed by atoms with Gasteiger partial charge in [-0.15, -0.1) is 0 Å². The van der Waals surface area contributed by atoms with Crippen LogP contribution in [-0.4, -0.2) is 13.0 Å². The van der Waals surface area contributed by atoms with Gasteiger partial charge < -0.3 is 4.90 Å². The van der Waals surface area contributed by atoms with E-state index in [4.69, 9.17) is 0 Å². The Morgan fingerprint density at radius 2 is 2.00 bits per heavy atom. The first-order valence-electron chi connectivity index (χ1n) is 4.21. The summed E-state index contributed by atoms with van der Waals surface area (Å²) in [4.78, 5) is 12.2. The monoisotopic (exact) mass is 197 g/mol. The van der Waals surface area contributed by atoms with E-state index < -0.39 is 11.8 Å². The van der Waals surface area contributed by atoms with Crippen LogP contribution in [0, 0.1) is 6.92 Å². The van der Waals surface area contributed by atoms with Crippen LogP contribution in [0.4, 0.5) is 14.5 Å². The summed E-state index contributed by atoms with van der Waals surface area (Å²) in [5.74, 6) is -4.52.